The second-order valence-electron chi connectivity index (χ2n) is 3.66. The zero-order valence-electron chi connectivity index (χ0n) is 9.37. The monoisotopic (exact) mass is 237 g/mol. The van der Waals surface area contributed by atoms with Crippen LogP contribution in [0.15, 0.2) is 12.1 Å². The van der Waals surface area contributed by atoms with Gasteiger partial charge in [-0.3, -0.25) is 4.79 Å². The molecule has 2 aromatic rings. The average molecular weight is 238 g/mol. The lowest BCUT2D eigenvalue weighted by molar-refractivity contribution is 0.111. The number of carbonyl (C=O) groups excluding carboxylic acids is 1. The minimum atomic E-state index is 0.557. The Morgan fingerprint density at radius 1 is 1.44 bits per heavy atom. The predicted molar refractivity (Wildman–Crippen MR) is 64.6 cm³/mol. The van der Waals surface area contributed by atoms with Crippen molar-refractivity contribution in [3.63, 3.8) is 0 Å². The molecule has 1 heterocycles. The Kier molecular flexibility index (Phi) is 2.64. The summed E-state index contributed by atoms with van der Waals surface area (Å²) in [6.07, 6.45) is 0.845. The number of aryl methyl sites for hydroxylation is 2. The molecular formula is C12H12ClNO2. The van der Waals surface area contributed by atoms with E-state index in [2.05, 4.69) is 0 Å². The van der Waals surface area contributed by atoms with E-state index < -0.39 is 0 Å². The van der Waals surface area contributed by atoms with E-state index in [0.29, 0.717) is 16.5 Å². The summed E-state index contributed by atoms with van der Waals surface area (Å²) in [6.45, 7) is 1.89. The third-order valence-corrected chi connectivity index (χ3v) is 3.27. The molecule has 0 fully saturated rings. The maximum Gasteiger partial charge on any atom is 0.166 e. The van der Waals surface area contributed by atoms with Gasteiger partial charge in [0.15, 0.2) is 6.29 Å². The van der Waals surface area contributed by atoms with E-state index in [1.165, 1.54) is 0 Å². The fraction of sp³-hybridized carbons (Fsp3) is 0.250. The van der Waals surface area contributed by atoms with Crippen molar-refractivity contribution < 1.29 is 9.53 Å². The van der Waals surface area contributed by atoms with Crippen molar-refractivity contribution >= 4 is 28.8 Å². The maximum absolute atomic E-state index is 11.0. The summed E-state index contributed by atoms with van der Waals surface area (Å²) in [5.74, 6) is 0.625. The molecule has 0 aliphatic rings. The van der Waals surface area contributed by atoms with E-state index in [9.17, 15) is 4.79 Å². The molecular weight excluding hydrogens is 226 g/mol. The Balaban J connectivity index is 2.94. The van der Waals surface area contributed by atoms with Gasteiger partial charge in [-0.25, -0.2) is 0 Å². The number of ether oxygens (including phenoxy) is 1. The van der Waals surface area contributed by atoms with Gasteiger partial charge >= 0.3 is 0 Å². The lowest BCUT2D eigenvalue weighted by Crippen LogP contribution is -1.94. The minimum absolute atomic E-state index is 0.557. The van der Waals surface area contributed by atoms with Crippen molar-refractivity contribution in [3.8, 4) is 5.75 Å². The molecule has 0 radical (unpaired) electrons. The summed E-state index contributed by atoms with van der Waals surface area (Å²) < 4.78 is 7.00. The number of hydrogen-bond acceptors (Lipinski definition) is 2. The lowest BCUT2D eigenvalue weighted by Gasteiger charge is -2.04. The number of aromatic nitrogens is 1. The molecule has 0 aliphatic heterocycles. The molecule has 4 heteroatoms. The first-order chi connectivity index (χ1) is 7.61. The van der Waals surface area contributed by atoms with Crippen LogP contribution in [0.3, 0.4) is 0 Å². The van der Waals surface area contributed by atoms with E-state index >= 15 is 0 Å². The van der Waals surface area contributed by atoms with Crippen molar-refractivity contribution in [1.29, 1.82) is 0 Å². The van der Waals surface area contributed by atoms with Gasteiger partial charge in [-0.2, -0.15) is 0 Å². The number of fused-ring (bicyclic) bond motifs is 1. The van der Waals surface area contributed by atoms with Crippen molar-refractivity contribution in [2.75, 3.05) is 7.11 Å². The van der Waals surface area contributed by atoms with E-state index in [1.807, 2.05) is 24.6 Å². The molecule has 1 aromatic heterocycles. The standard InChI is InChI=1S/C12H12ClNO2/c1-7-9(6-15)14(2)8-4-5-10(16-3)12(13)11(7)8/h4-6H,1-3H3. The lowest BCUT2D eigenvalue weighted by atomic mass is 10.1. The van der Waals surface area contributed by atoms with Crippen molar-refractivity contribution in [2.45, 2.75) is 6.92 Å². The molecule has 0 aliphatic carbocycles. The number of benzene rings is 1. The summed E-state index contributed by atoms with van der Waals surface area (Å²) in [5.41, 5.74) is 2.46. The van der Waals surface area contributed by atoms with Crippen LogP contribution in [0.25, 0.3) is 10.9 Å². The average Bonchev–Trinajstić information content (AvgIpc) is 2.52. The molecule has 0 bridgehead atoms. The Bertz CT molecular complexity index is 572. The fourth-order valence-electron chi connectivity index (χ4n) is 2.02. The Morgan fingerprint density at radius 2 is 2.12 bits per heavy atom. The second-order valence-corrected chi connectivity index (χ2v) is 4.04. The van der Waals surface area contributed by atoms with Gasteiger partial charge in [0, 0.05) is 12.4 Å². The molecule has 3 nitrogen and oxygen atoms in total. The van der Waals surface area contributed by atoms with Crippen molar-refractivity contribution in [2.24, 2.45) is 7.05 Å². The van der Waals surface area contributed by atoms with Crippen LogP contribution >= 0.6 is 11.6 Å². The summed E-state index contributed by atoms with van der Waals surface area (Å²) in [7, 11) is 3.42. The zero-order chi connectivity index (χ0) is 11.9. The predicted octanol–water partition coefficient (Wildman–Crippen LogP) is 2.96. The van der Waals surface area contributed by atoms with Gasteiger partial charge < -0.3 is 9.30 Å². The summed E-state index contributed by atoms with van der Waals surface area (Å²) in [5, 5.41) is 1.44. The molecule has 0 atom stereocenters. The van der Waals surface area contributed by atoms with Crippen molar-refractivity contribution in [1.82, 2.24) is 4.57 Å². The maximum atomic E-state index is 11.0. The molecule has 84 valence electrons. The van der Waals surface area contributed by atoms with Gasteiger partial charge in [0.2, 0.25) is 0 Å². The first-order valence-electron chi connectivity index (χ1n) is 4.88. The van der Waals surface area contributed by atoms with Gasteiger partial charge in [-0.1, -0.05) is 11.6 Å². The number of halogens is 1. The number of methoxy groups -OCH3 is 1. The SMILES string of the molecule is COc1ccc2c(c(C)c(C=O)n2C)c1Cl. The van der Waals surface area contributed by atoms with E-state index in [4.69, 9.17) is 16.3 Å². The first-order valence-corrected chi connectivity index (χ1v) is 5.26. The molecule has 0 amide bonds. The minimum Gasteiger partial charge on any atom is -0.495 e. The van der Waals surface area contributed by atoms with Crippen LogP contribution in [-0.2, 0) is 7.05 Å². The second kappa shape index (κ2) is 3.83. The number of carbonyl (C=O) groups is 1. The number of rotatable bonds is 2. The topological polar surface area (TPSA) is 31.2 Å². The van der Waals surface area contributed by atoms with Crippen LogP contribution in [0.4, 0.5) is 0 Å². The highest BCUT2D eigenvalue weighted by molar-refractivity contribution is 6.37. The molecule has 0 N–H and O–H groups in total. The van der Waals surface area contributed by atoms with Crippen molar-refractivity contribution in [3.05, 3.63) is 28.4 Å². The first kappa shape index (κ1) is 11.0. The van der Waals surface area contributed by atoms with E-state index in [1.54, 1.807) is 13.2 Å². The van der Waals surface area contributed by atoms with Gasteiger partial charge in [0.05, 0.1) is 23.3 Å². The third kappa shape index (κ3) is 1.32. The highest BCUT2D eigenvalue weighted by Crippen LogP contribution is 2.36. The molecule has 0 unspecified atom stereocenters. The van der Waals surface area contributed by atoms with Crippen LogP contribution in [0.2, 0.25) is 5.02 Å². The van der Waals surface area contributed by atoms with E-state index in [0.717, 1.165) is 22.8 Å². The van der Waals surface area contributed by atoms with Gasteiger partial charge in [-0.15, -0.1) is 0 Å². The quantitative estimate of drug-likeness (QED) is 0.752. The van der Waals surface area contributed by atoms with Crippen LogP contribution < -0.4 is 4.74 Å². The summed E-state index contributed by atoms with van der Waals surface area (Å²) >= 11 is 6.24. The number of aldehydes is 1. The van der Waals surface area contributed by atoms with Crippen LogP contribution in [0.1, 0.15) is 16.1 Å². The highest BCUT2D eigenvalue weighted by atomic mass is 35.5. The van der Waals surface area contributed by atoms with Crippen LogP contribution in [0.5, 0.6) is 5.75 Å². The Hall–Kier alpha value is -1.48. The molecule has 0 spiro atoms. The van der Waals surface area contributed by atoms with Gasteiger partial charge in [0.25, 0.3) is 0 Å². The van der Waals surface area contributed by atoms with E-state index in [-0.39, 0.29) is 0 Å². The molecule has 1 aromatic carbocycles. The smallest absolute Gasteiger partial charge is 0.166 e. The Labute approximate surface area is 98.6 Å². The molecule has 2 rings (SSSR count). The van der Waals surface area contributed by atoms with Crippen LogP contribution in [-0.4, -0.2) is 18.0 Å². The molecule has 16 heavy (non-hydrogen) atoms. The van der Waals surface area contributed by atoms with Gasteiger partial charge in [0.1, 0.15) is 5.75 Å². The molecule has 0 saturated carbocycles. The summed E-state index contributed by atoms with van der Waals surface area (Å²) in [6, 6.07) is 3.71. The number of nitrogens with zero attached hydrogens (tertiary/aromatic N) is 1. The number of hydrogen-bond donors (Lipinski definition) is 0. The van der Waals surface area contributed by atoms with Gasteiger partial charge in [-0.05, 0) is 24.6 Å². The zero-order valence-corrected chi connectivity index (χ0v) is 10.1. The fourth-order valence-corrected chi connectivity index (χ4v) is 2.40. The molecule has 0 saturated heterocycles. The largest absolute Gasteiger partial charge is 0.495 e. The highest BCUT2D eigenvalue weighted by Gasteiger charge is 2.16. The Morgan fingerprint density at radius 3 is 2.69 bits per heavy atom. The normalized spacial score (nSPS) is 10.8. The van der Waals surface area contributed by atoms with Crippen LogP contribution in [0, 0.1) is 6.92 Å². The summed E-state index contributed by atoms with van der Waals surface area (Å²) in [4.78, 5) is 11.0. The third-order valence-electron chi connectivity index (χ3n) is 2.90.